The zero-order valence-electron chi connectivity index (χ0n) is 15.4. The fraction of sp³-hybridized carbons (Fsp3) is 0.316. The molecule has 0 unspecified atom stereocenters. The maximum atomic E-state index is 13.4. The van der Waals surface area contributed by atoms with E-state index in [0.29, 0.717) is 11.8 Å². The third-order valence-electron chi connectivity index (χ3n) is 4.43. The molecule has 0 atom stereocenters. The second-order valence-electron chi connectivity index (χ2n) is 6.49. The standard InChI is InChI=1S/C19H18F4N4O/c1-9-5-4-6-10(2)16(9)25-14(28)8-27-19-15(11(3)26-27)12(17(20)21)7-13(24-19)18(22)23/h4-7,17-18H,8H2,1-3H3,(H,25,28). The molecule has 2 aromatic heterocycles. The van der Waals surface area contributed by atoms with Gasteiger partial charge in [0.15, 0.2) is 5.65 Å². The maximum absolute atomic E-state index is 13.4. The van der Waals surface area contributed by atoms with E-state index in [9.17, 15) is 22.4 Å². The molecule has 9 heteroatoms. The van der Waals surface area contributed by atoms with Crippen molar-refractivity contribution in [1.82, 2.24) is 14.8 Å². The minimum Gasteiger partial charge on any atom is -0.324 e. The number of hydrogen-bond donors (Lipinski definition) is 1. The lowest BCUT2D eigenvalue weighted by Crippen LogP contribution is -2.21. The fourth-order valence-corrected chi connectivity index (χ4v) is 3.13. The topological polar surface area (TPSA) is 59.8 Å². The smallest absolute Gasteiger partial charge is 0.280 e. The molecule has 3 rings (SSSR count). The summed E-state index contributed by atoms with van der Waals surface area (Å²) in [4.78, 5) is 16.3. The van der Waals surface area contributed by atoms with Gasteiger partial charge in [-0.3, -0.25) is 4.79 Å². The lowest BCUT2D eigenvalue weighted by Gasteiger charge is -2.12. The van der Waals surface area contributed by atoms with Crippen LogP contribution in [0.3, 0.4) is 0 Å². The minimum absolute atomic E-state index is 0.0146. The first kappa shape index (κ1) is 19.8. The SMILES string of the molecule is Cc1cccc(C)c1NC(=O)Cn1nc(C)c2c(C(F)F)cc(C(F)F)nc21. The number of para-hydroxylation sites is 1. The highest BCUT2D eigenvalue weighted by atomic mass is 19.3. The van der Waals surface area contributed by atoms with Crippen molar-refractivity contribution in [1.29, 1.82) is 0 Å². The Labute approximate surface area is 158 Å². The number of aryl methyl sites for hydroxylation is 3. The van der Waals surface area contributed by atoms with Crippen LogP contribution in [-0.4, -0.2) is 20.7 Å². The van der Waals surface area contributed by atoms with Crippen molar-refractivity contribution in [2.45, 2.75) is 40.2 Å². The van der Waals surface area contributed by atoms with Crippen molar-refractivity contribution in [2.75, 3.05) is 5.32 Å². The number of benzene rings is 1. The van der Waals surface area contributed by atoms with Gasteiger partial charge in [-0.05, 0) is 38.0 Å². The van der Waals surface area contributed by atoms with E-state index in [4.69, 9.17) is 0 Å². The Kier molecular flexibility index (Phi) is 5.35. The summed E-state index contributed by atoms with van der Waals surface area (Å²) in [6, 6.07) is 6.21. The van der Waals surface area contributed by atoms with Crippen molar-refractivity contribution < 1.29 is 22.4 Å². The van der Waals surface area contributed by atoms with E-state index in [-0.39, 0.29) is 23.3 Å². The minimum atomic E-state index is -3.02. The molecule has 1 N–H and O–H groups in total. The Morgan fingerprint density at radius 2 is 1.75 bits per heavy atom. The number of rotatable bonds is 5. The van der Waals surface area contributed by atoms with Crippen molar-refractivity contribution in [3.05, 3.63) is 52.3 Å². The molecule has 0 aliphatic carbocycles. The summed E-state index contributed by atoms with van der Waals surface area (Å²) in [7, 11) is 0. The number of pyridine rings is 1. The molecule has 0 bridgehead atoms. The Bertz CT molecular complexity index is 1030. The summed E-state index contributed by atoms with van der Waals surface area (Å²) >= 11 is 0. The number of aromatic nitrogens is 3. The van der Waals surface area contributed by atoms with Gasteiger partial charge in [-0.25, -0.2) is 27.2 Å². The van der Waals surface area contributed by atoms with Crippen LogP contribution in [0.5, 0.6) is 0 Å². The first-order valence-electron chi connectivity index (χ1n) is 8.49. The van der Waals surface area contributed by atoms with Crippen LogP contribution < -0.4 is 5.32 Å². The Morgan fingerprint density at radius 1 is 1.11 bits per heavy atom. The summed E-state index contributed by atoms with van der Waals surface area (Å²) in [5.41, 5.74) is 1.02. The Hall–Kier alpha value is -2.97. The lowest BCUT2D eigenvalue weighted by atomic mass is 10.1. The van der Waals surface area contributed by atoms with E-state index in [1.54, 1.807) is 0 Å². The lowest BCUT2D eigenvalue weighted by molar-refractivity contribution is -0.116. The van der Waals surface area contributed by atoms with Gasteiger partial charge in [0.25, 0.3) is 12.9 Å². The van der Waals surface area contributed by atoms with Crippen molar-refractivity contribution in [3.63, 3.8) is 0 Å². The molecule has 28 heavy (non-hydrogen) atoms. The third-order valence-corrected chi connectivity index (χ3v) is 4.43. The van der Waals surface area contributed by atoms with Gasteiger partial charge in [0, 0.05) is 11.3 Å². The zero-order valence-corrected chi connectivity index (χ0v) is 15.4. The van der Waals surface area contributed by atoms with Gasteiger partial charge in [-0.2, -0.15) is 5.10 Å². The van der Waals surface area contributed by atoms with Crippen LogP contribution in [0, 0.1) is 20.8 Å². The summed E-state index contributed by atoms with van der Waals surface area (Å²) < 4.78 is 54.0. The zero-order chi connectivity index (χ0) is 20.6. The number of hydrogen-bond acceptors (Lipinski definition) is 3. The molecule has 3 aromatic rings. The van der Waals surface area contributed by atoms with Gasteiger partial charge in [0.1, 0.15) is 12.2 Å². The van der Waals surface area contributed by atoms with Crippen LogP contribution in [0.15, 0.2) is 24.3 Å². The number of carbonyl (C=O) groups is 1. The van der Waals surface area contributed by atoms with E-state index in [2.05, 4.69) is 15.4 Å². The predicted octanol–water partition coefficient (Wildman–Crippen LogP) is 4.87. The van der Waals surface area contributed by atoms with Crippen LogP contribution in [0.2, 0.25) is 0 Å². The van der Waals surface area contributed by atoms with Gasteiger partial charge in [0.2, 0.25) is 5.91 Å². The molecule has 5 nitrogen and oxygen atoms in total. The average Bonchev–Trinajstić information content (AvgIpc) is 2.93. The number of halogens is 4. The Morgan fingerprint density at radius 3 is 2.32 bits per heavy atom. The molecule has 0 saturated carbocycles. The molecule has 0 spiro atoms. The summed E-state index contributed by atoms with van der Waals surface area (Å²) in [6.45, 7) is 4.79. The summed E-state index contributed by atoms with van der Waals surface area (Å²) in [6.07, 6.45) is -5.99. The number of amides is 1. The average molecular weight is 394 g/mol. The van der Waals surface area contributed by atoms with Crippen LogP contribution in [-0.2, 0) is 11.3 Å². The molecular formula is C19H18F4N4O. The van der Waals surface area contributed by atoms with Gasteiger partial charge in [-0.1, -0.05) is 18.2 Å². The molecule has 2 heterocycles. The predicted molar refractivity (Wildman–Crippen MR) is 96.7 cm³/mol. The van der Waals surface area contributed by atoms with Crippen molar-refractivity contribution in [2.24, 2.45) is 0 Å². The van der Waals surface area contributed by atoms with E-state index in [1.807, 2.05) is 32.0 Å². The highest BCUT2D eigenvalue weighted by Crippen LogP contribution is 2.32. The Balaban J connectivity index is 2.00. The number of nitrogens with one attached hydrogen (secondary N) is 1. The van der Waals surface area contributed by atoms with Gasteiger partial charge in [0.05, 0.1) is 11.1 Å². The van der Waals surface area contributed by atoms with E-state index < -0.39 is 30.0 Å². The van der Waals surface area contributed by atoms with E-state index >= 15 is 0 Å². The number of nitrogens with zero attached hydrogens (tertiary/aromatic N) is 3. The molecule has 0 fully saturated rings. The highest BCUT2D eigenvalue weighted by Gasteiger charge is 2.24. The number of anilines is 1. The number of alkyl halides is 4. The van der Waals surface area contributed by atoms with Crippen molar-refractivity contribution in [3.8, 4) is 0 Å². The monoisotopic (exact) mass is 394 g/mol. The first-order valence-corrected chi connectivity index (χ1v) is 8.49. The number of carbonyl (C=O) groups excluding carboxylic acids is 1. The summed E-state index contributed by atoms with van der Waals surface area (Å²) in [5.74, 6) is -0.468. The van der Waals surface area contributed by atoms with Crippen LogP contribution >= 0.6 is 0 Å². The van der Waals surface area contributed by atoms with E-state index in [1.165, 1.54) is 6.92 Å². The molecule has 0 radical (unpaired) electrons. The fourth-order valence-electron chi connectivity index (χ4n) is 3.13. The maximum Gasteiger partial charge on any atom is 0.280 e. The quantitative estimate of drug-likeness (QED) is 0.628. The second kappa shape index (κ2) is 7.57. The number of fused-ring (bicyclic) bond motifs is 1. The van der Waals surface area contributed by atoms with E-state index in [0.717, 1.165) is 15.8 Å². The van der Waals surface area contributed by atoms with Gasteiger partial charge in [-0.15, -0.1) is 0 Å². The molecule has 1 amide bonds. The summed E-state index contributed by atoms with van der Waals surface area (Å²) in [5, 5.41) is 6.81. The first-order chi connectivity index (χ1) is 13.2. The normalized spacial score (nSPS) is 11.6. The van der Waals surface area contributed by atoms with Gasteiger partial charge >= 0.3 is 0 Å². The molecule has 0 aliphatic heterocycles. The molecular weight excluding hydrogens is 376 g/mol. The van der Waals surface area contributed by atoms with Gasteiger partial charge < -0.3 is 5.32 Å². The molecule has 148 valence electrons. The largest absolute Gasteiger partial charge is 0.324 e. The third kappa shape index (κ3) is 3.69. The van der Waals surface area contributed by atoms with Crippen LogP contribution in [0.1, 0.15) is 40.9 Å². The molecule has 1 aromatic carbocycles. The van der Waals surface area contributed by atoms with Crippen LogP contribution in [0.25, 0.3) is 11.0 Å². The highest BCUT2D eigenvalue weighted by molar-refractivity contribution is 5.93. The molecule has 0 aliphatic rings. The molecule has 0 saturated heterocycles. The second-order valence-corrected chi connectivity index (χ2v) is 6.49. The van der Waals surface area contributed by atoms with Crippen molar-refractivity contribution >= 4 is 22.6 Å². The van der Waals surface area contributed by atoms with Crippen LogP contribution in [0.4, 0.5) is 23.2 Å².